The summed E-state index contributed by atoms with van der Waals surface area (Å²) in [6.07, 6.45) is 7.00. The zero-order chi connectivity index (χ0) is 11.4. The minimum absolute atomic E-state index is 0.546. The fourth-order valence-electron chi connectivity index (χ4n) is 3.11. The average Bonchev–Trinajstić information content (AvgIpc) is 2.24. The summed E-state index contributed by atoms with van der Waals surface area (Å²) >= 11 is 0. The Bertz CT molecular complexity index is 202. The number of nitrogens with two attached hydrogens (primary N) is 1. The van der Waals surface area contributed by atoms with Gasteiger partial charge in [-0.3, -0.25) is 4.90 Å². The number of ether oxygens (including phenoxy) is 1. The summed E-state index contributed by atoms with van der Waals surface area (Å²) in [7, 11) is 0. The van der Waals surface area contributed by atoms with Crippen LogP contribution in [0.1, 0.15) is 39.0 Å². The molecule has 0 spiro atoms. The molecule has 0 bridgehead atoms. The fourth-order valence-corrected chi connectivity index (χ4v) is 3.11. The summed E-state index contributed by atoms with van der Waals surface area (Å²) in [5, 5.41) is 0. The summed E-state index contributed by atoms with van der Waals surface area (Å²) in [6.45, 7) is 6.38. The molecule has 94 valence electrons. The molecule has 16 heavy (non-hydrogen) atoms. The largest absolute Gasteiger partial charge is 0.378 e. The zero-order valence-electron chi connectivity index (χ0n) is 10.5. The van der Waals surface area contributed by atoms with Crippen molar-refractivity contribution >= 4 is 0 Å². The molecule has 3 heteroatoms. The van der Waals surface area contributed by atoms with E-state index in [4.69, 9.17) is 10.5 Å². The number of piperidine rings is 1. The Morgan fingerprint density at radius 1 is 1.38 bits per heavy atom. The lowest BCUT2D eigenvalue weighted by atomic mass is 9.84. The highest BCUT2D eigenvalue weighted by molar-refractivity contribution is 4.90. The SMILES string of the molecule is CCOC1CC(N2CCCC(CCN)C2)C1. The van der Waals surface area contributed by atoms with Crippen LogP contribution < -0.4 is 5.73 Å². The van der Waals surface area contributed by atoms with Crippen LogP contribution in [0.15, 0.2) is 0 Å². The molecule has 2 fully saturated rings. The van der Waals surface area contributed by atoms with E-state index in [1.165, 1.54) is 45.2 Å². The lowest BCUT2D eigenvalue weighted by Gasteiger charge is -2.46. The van der Waals surface area contributed by atoms with Crippen LogP contribution in [0.4, 0.5) is 0 Å². The number of hydrogen-bond acceptors (Lipinski definition) is 3. The molecule has 1 aliphatic heterocycles. The third-order valence-corrected chi connectivity index (χ3v) is 4.11. The molecule has 2 N–H and O–H groups in total. The molecule has 1 saturated carbocycles. The van der Waals surface area contributed by atoms with Gasteiger partial charge >= 0.3 is 0 Å². The normalized spacial score (nSPS) is 36.0. The monoisotopic (exact) mass is 226 g/mol. The first kappa shape index (κ1) is 12.3. The van der Waals surface area contributed by atoms with Gasteiger partial charge in [0.1, 0.15) is 0 Å². The molecule has 2 aliphatic rings. The fraction of sp³-hybridized carbons (Fsp3) is 1.00. The standard InChI is InChI=1S/C13H26N2O/c1-2-16-13-8-12(9-13)15-7-3-4-11(10-15)5-6-14/h11-13H,2-10,14H2,1H3. The molecule has 1 saturated heterocycles. The van der Waals surface area contributed by atoms with E-state index in [1.54, 1.807) is 0 Å². The van der Waals surface area contributed by atoms with E-state index < -0.39 is 0 Å². The van der Waals surface area contributed by atoms with E-state index in [9.17, 15) is 0 Å². The van der Waals surface area contributed by atoms with Gasteiger partial charge in [-0.25, -0.2) is 0 Å². The van der Waals surface area contributed by atoms with Gasteiger partial charge in [-0.1, -0.05) is 0 Å². The maximum Gasteiger partial charge on any atom is 0.0604 e. The summed E-state index contributed by atoms with van der Waals surface area (Å²) in [4.78, 5) is 2.68. The Labute approximate surface area is 99.3 Å². The molecule has 0 aromatic heterocycles. The third kappa shape index (κ3) is 2.96. The van der Waals surface area contributed by atoms with Crippen molar-refractivity contribution in [1.82, 2.24) is 4.90 Å². The van der Waals surface area contributed by atoms with Gasteiger partial charge in [0.25, 0.3) is 0 Å². The van der Waals surface area contributed by atoms with Crippen LogP contribution >= 0.6 is 0 Å². The van der Waals surface area contributed by atoms with E-state index in [0.717, 1.165) is 25.1 Å². The van der Waals surface area contributed by atoms with Crippen LogP contribution in [0.3, 0.4) is 0 Å². The van der Waals surface area contributed by atoms with Crippen LogP contribution in [0.5, 0.6) is 0 Å². The van der Waals surface area contributed by atoms with Crippen molar-refractivity contribution in [3.63, 3.8) is 0 Å². The molecule has 0 amide bonds. The van der Waals surface area contributed by atoms with E-state index in [0.29, 0.717) is 6.10 Å². The van der Waals surface area contributed by atoms with Crippen molar-refractivity contribution < 1.29 is 4.74 Å². The second-order valence-corrected chi connectivity index (χ2v) is 5.28. The zero-order valence-corrected chi connectivity index (χ0v) is 10.5. The minimum Gasteiger partial charge on any atom is -0.378 e. The molecule has 1 aliphatic carbocycles. The number of hydrogen-bond donors (Lipinski definition) is 1. The van der Waals surface area contributed by atoms with E-state index in [2.05, 4.69) is 11.8 Å². The third-order valence-electron chi connectivity index (χ3n) is 4.11. The molecule has 0 aromatic rings. The Kier molecular flexibility index (Phi) is 4.62. The first-order valence-electron chi connectivity index (χ1n) is 6.89. The molecule has 2 rings (SSSR count). The van der Waals surface area contributed by atoms with Gasteiger partial charge in [-0.2, -0.15) is 0 Å². The highest BCUT2D eigenvalue weighted by atomic mass is 16.5. The van der Waals surface area contributed by atoms with Crippen LogP contribution in [0.2, 0.25) is 0 Å². The molecule has 0 radical (unpaired) electrons. The molecule has 1 unspecified atom stereocenters. The Balaban J connectivity index is 1.70. The highest BCUT2D eigenvalue weighted by Gasteiger charge is 2.35. The van der Waals surface area contributed by atoms with E-state index >= 15 is 0 Å². The topological polar surface area (TPSA) is 38.5 Å². The first-order chi connectivity index (χ1) is 7.83. The quantitative estimate of drug-likeness (QED) is 0.774. The predicted octanol–water partition coefficient (Wildman–Crippen LogP) is 1.61. The average molecular weight is 226 g/mol. The van der Waals surface area contributed by atoms with Gasteiger partial charge in [-0.15, -0.1) is 0 Å². The van der Waals surface area contributed by atoms with Gasteiger partial charge in [0, 0.05) is 19.2 Å². The van der Waals surface area contributed by atoms with E-state index in [-0.39, 0.29) is 0 Å². The van der Waals surface area contributed by atoms with Gasteiger partial charge in [-0.05, 0) is 58.0 Å². The molecule has 1 heterocycles. The van der Waals surface area contributed by atoms with Gasteiger partial charge in [0.05, 0.1) is 6.10 Å². The molecular formula is C13H26N2O. The maximum absolute atomic E-state index is 5.65. The maximum atomic E-state index is 5.65. The lowest BCUT2D eigenvalue weighted by Crippen LogP contribution is -2.51. The number of likely N-dealkylation sites (tertiary alicyclic amines) is 1. The molecule has 0 aromatic carbocycles. The van der Waals surface area contributed by atoms with Gasteiger partial charge < -0.3 is 10.5 Å². The minimum atomic E-state index is 0.546. The number of rotatable bonds is 5. The highest BCUT2D eigenvalue weighted by Crippen LogP contribution is 2.32. The summed E-state index contributed by atoms with van der Waals surface area (Å²) in [6, 6.07) is 0.803. The molecular weight excluding hydrogens is 200 g/mol. The summed E-state index contributed by atoms with van der Waals surface area (Å²) < 4.78 is 5.63. The predicted molar refractivity (Wildman–Crippen MR) is 66.4 cm³/mol. The molecule has 3 nitrogen and oxygen atoms in total. The molecule has 1 atom stereocenters. The summed E-state index contributed by atoms with van der Waals surface area (Å²) in [5.74, 6) is 0.852. The number of nitrogens with zero attached hydrogens (tertiary/aromatic N) is 1. The van der Waals surface area contributed by atoms with Crippen LogP contribution in [0.25, 0.3) is 0 Å². The van der Waals surface area contributed by atoms with Crippen molar-refractivity contribution in [2.75, 3.05) is 26.2 Å². The van der Waals surface area contributed by atoms with Crippen molar-refractivity contribution in [2.45, 2.75) is 51.2 Å². The Morgan fingerprint density at radius 3 is 2.88 bits per heavy atom. The second-order valence-electron chi connectivity index (χ2n) is 5.28. The second kappa shape index (κ2) is 5.99. The van der Waals surface area contributed by atoms with E-state index in [1.807, 2.05) is 0 Å². The van der Waals surface area contributed by atoms with Crippen molar-refractivity contribution in [1.29, 1.82) is 0 Å². The van der Waals surface area contributed by atoms with Crippen LogP contribution in [-0.2, 0) is 4.74 Å². The van der Waals surface area contributed by atoms with Crippen molar-refractivity contribution in [3.8, 4) is 0 Å². The van der Waals surface area contributed by atoms with Gasteiger partial charge in [0.15, 0.2) is 0 Å². The Hall–Kier alpha value is -0.120. The first-order valence-corrected chi connectivity index (χ1v) is 6.89. The van der Waals surface area contributed by atoms with Crippen LogP contribution in [-0.4, -0.2) is 43.3 Å². The van der Waals surface area contributed by atoms with Crippen molar-refractivity contribution in [2.24, 2.45) is 11.7 Å². The smallest absolute Gasteiger partial charge is 0.0604 e. The van der Waals surface area contributed by atoms with Crippen molar-refractivity contribution in [3.05, 3.63) is 0 Å². The van der Waals surface area contributed by atoms with Crippen LogP contribution in [0, 0.1) is 5.92 Å². The van der Waals surface area contributed by atoms with Gasteiger partial charge in [0.2, 0.25) is 0 Å². The Morgan fingerprint density at radius 2 is 2.19 bits per heavy atom. The summed E-state index contributed by atoms with van der Waals surface area (Å²) in [5.41, 5.74) is 5.65. The lowest BCUT2D eigenvalue weighted by molar-refractivity contribution is -0.0557.